The number of para-hydroxylation sites is 1. The molecule has 0 amide bonds. The average Bonchev–Trinajstić information content (AvgIpc) is 2.30. The third-order valence-electron chi connectivity index (χ3n) is 2.46. The number of nitrogens with one attached hydrogen (secondary N) is 1. The van der Waals surface area contributed by atoms with Gasteiger partial charge in [-0.3, -0.25) is 0 Å². The quantitative estimate of drug-likeness (QED) is 0.705. The lowest BCUT2D eigenvalue weighted by Gasteiger charge is -2.11. The summed E-state index contributed by atoms with van der Waals surface area (Å²) < 4.78 is 28.7. The van der Waals surface area contributed by atoms with Crippen molar-refractivity contribution in [2.45, 2.75) is 39.3 Å². The normalized spacial score (nSPS) is 10.8. The molecule has 0 saturated heterocycles. The Morgan fingerprint density at radius 1 is 1.24 bits per heavy atom. The van der Waals surface area contributed by atoms with Crippen LogP contribution < -0.4 is 10.1 Å². The van der Waals surface area contributed by atoms with Crippen molar-refractivity contribution in [2.75, 3.05) is 6.54 Å². The Bertz CT molecular complexity index is 318. The first-order valence-corrected chi connectivity index (χ1v) is 5.97. The Morgan fingerprint density at radius 3 is 2.71 bits per heavy atom. The standard InChI is InChI=1S/C13H19F2NO/c1-2-3-6-9-16-10-11-7-4-5-8-12(11)17-13(14)15/h4-5,7-8,13,16H,2-3,6,9-10H2,1H3. The molecule has 0 aliphatic carbocycles. The number of benzene rings is 1. The van der Waals surface area contributed by atoms with Crippen molar-refractivity contribution < 1.29 is 13.5 Å². The van der Waals surface area contributed by atoms with Gasteiger partial charge in [-0.15, -0.1) is 0 Å². The lowest BCUT2D eigenvalue weighted by Crippen LogP contribution is -2.16. The van der Waals surface area contributed by atoms with E-state index in [1.807, 2.05) is 6.07 Å². The van der Waals surface area contributed by atoms with Crippen LogP contribution >= 0.6 is 0 Å². The van der Waals surface area contributed by atoms with Crippen LogP contribution in [0, 0.1) is 0 Å². The Labute approximate surface area is 101 Å². The molecule has 2 nitrogen and oxygen atoms in total. The zero-order valence-electron chi connectivity index (χ0n) is 10.1. The molecule has 0 spiro atoms. The Morgan fingerprint density at radius 2 is 2.00 bits per heavy atom. The average molecular weight is 243 g/mol. The summed E-state index contributed by atoms with van der Waals surface area (Å²) in [6.07, 6.45) is 3.46. The smallest absolute Gasteiger partial charge is 0.387 e. The SMILES string of the molecule is CCCCCNCc1ccccc1OC(F)F. The van der Waals surface area contributed by atoms with E-state index < -0.39 is 6.61 Å². The van der Waals surface area contributed by atoms with Gasteiger partial charge in [0.2, 0.25) is 0 Å². The predicted molar refractivity (Wildman–Crippen MR) is 64.3 cm³/mol. The van der Waals surface area contributed by atoms with Crippen LogP contribution in [-0.4, -0.2) is 13.2 Å². The molecule has 1 N–H and O–H groups in total. The third kappa shape index (κ3) is 5.63. The van der Waals surface area contributed by atoms with Gasteiger partial charge in [0.15, 0.2) is 0 Å². The van der Waals surface area contributed by atoms with E-state index in [1.165, 1.54) is 12.8 Å². The molecule has 1 aromatic carbocycles. The van der Waals surface area contributed by atoms with Gasteiger partial charge < -0.3 is 10.1 Å². The second kappa shape index (κ2) is 8.01. The van der Waals surface area contributed by atoms with Crippen LogP contribution in [0.15, 0.2) is 24.3 Å². The fourth-order valence-electron chi connectivity index (χ4n) is 1.58. The Hall–Kier alpha value is -1.16. The monoisotopic (exact) mass is 243 g/mol. The van der Waals surface area contributed by atoms with Crippen molar-refractivity contribution in [3.8, 4) is 5.75 Å². The zero-order valence-corrected chi connectivity index (χ0v) is 10.1. The lowest BCUT2D eigenvalue weighted by molar-refractivity contribution is -0.0504. The van der Waals surface area contributed by atoms with Crippen molar-refractivity contribution in [3.05, 3.63) is 29.8 Å². The summed E-state index contributed by atoms with van der Waals surface area (Å²) in [5.41, 5.74) is 0.768. The molecular weight excluding hydrogens is 224 g/mol. The van der Waals surface area contributed by atoms with E-state index >= 15 is 0 Å². The van der Waals surface area contributed by atoms with Gasteiger partial charge in [-0.2, -0.15) is 8.78 Å². The highest BCUT2D eigenvalue weighted by Crippen LogP contribution is 2.19. The molecule has 0 atom stereocenters. The molecule has 0 fully saturated rings. The number of hydrogen-bond acceptors (Lipinski definition) is 2. The van der Waals surface area contributed by atoms with Gasteiger partial charge in [0.05, 0.1) is 0 Å². The second-order valence-corrected chi connectivity index (χ2v) is 3.87. The summed E-state index contributed by atoms with van der Waals surface area (Å²) in [5.74, 6) is 0.255. The van der Waals surface area contributed by atoms with E-state index in [2.05, 4.69) is 17.0 Å². The van der Waals surface area contributed by atoms with Crippen LogP contribution in [0.5, 0.6) is 5.75 Å². The fraction of sp³-hybridized carbons (Fsp3) is 0.538. The number of unbranched alkanes of at least 4 members (excludes halogenated alkanes) is 2. The van der Waals surface area contributed by atoms with Crippen LogP contribution in [0.1, 0.15) is 31.7 Å². The maximum absolute atomic E-state index is 12.1. The number of alkyl halides is 2. The second-order valence-electron chi connectivity index (χ2n) is 3.87. The summed E-state index contributed by atoms with van der Waals surface area (Å²) in [6, 6.07) is 6.87. The van der Waals surface area contributed by atoms with Crippen LogP contribution in [0.4, 0.5) is 8.78 Å². The topological polar surface area (TPSA) is 21.3 Å². The molecule has 1 rings (SSSR count). The first-order valence-electron chi connectivity index (χ1n) is 5.97. The van der Waals surface area contributed by atoms with Crippen molar-refractivity contribution in [3.63, 3.8) is 0 Å². The molecule has 0 heterocycles. The van der Waals surface area contributed by atoms with Gasteiger partial charge >= 0.3 is 6.61 Å². The van der Waals surface area contributed by atoms with E-state index in [-0.39, 0.29) is 5.75 Å². The Balaban J connectivity index is 2.40. The lowest BCUT2D eigenvalue weighted by atomic mass is 10.2. The molecule has 17 heavy (non-hydrogen) atoms. The minimum Gasteiger partial charge on any atom is -0.434 e. The number of hydrogen-bond donors (Lipinski definition) is 1. The van der Waals surface area contributed by atoms with Gasteiger partial charge in [-0.25, -0.2) is 0 Å². The molecule has 0 unspecified atom stereocenters. The first kappa shape index (κ1) is 13.9. The zero-order chi connectivity index (χ0) is 12.5. The van der Waals surface area contributed by atoms with E-state index in [1.54, 1.807) is 18.2 Å². The molecule has 0 radical (unpaired) electrons. The maximum atomic E-state index is 12.1. The number of ether oxygens (including phenoxy) is 1. The fourth-order valence-corrected chi connectivity index (χ4v) is 1.58. The minimum absolute atomic E-state index is 0.255. The molecular formula is C13H19F2NO. The summed E-state index contributed by atoms with van der Waals surface area (Å²) in [4.78, 5) is 0. The van der Waals surface area contributed by atoms with Crippen LogP contribution in [0.25, 0.3) is 0 Å². The first-order chi connectivity index (χ1) is 8.24. The number of rotatable bonds is 8. The van der Waals surface area contributed by atoms with E-state index in [4.69, 9.17) is 0 Å². The van der Waals surface area contributed by atoms with Crippen molar-refractivity contribution in [2.24, 2.45) is 0 Å². The van der Waals surface area contributed by atoms with E-state index in [0.29, 0.717) is 6.54 Å². The maximum Gasteiger partial charge on any atom is 0.387 e. The third-order valence-corrected chi connectivity index (χ3v) is 2.46. The summed E-state index contributed by atoms with van der Waals surface area (Å²) in [6.45, 7) is 0.839. The molecule has 0 aliphatic heterocycles. The molecule has 0 saturated carbocycles. The van der Waals surface area contributed by atoms with Gasteiger partial charge in [0.25, 0.3) is 0 Å². The predicted octanol–water partition coefficient (Wildman–Crippen LogP) is 3.57. The van der Waals surface area contributed by atoms with Crippen LogP contribution in [0.2, 0.25) is 0 Å². The summed E-state index contributed by atoms with van der Waals surface area (Å²) in [7, 11) is 0. The molecule has 4 heteroatoms. The van der Waals surface area contributed by atoms with Gasteiger partial charge in [0.1, 0.15) is 5.75 Å². The van der Waals surface area contributed by atoms with E-state index in [9.17, 15) is 8.78 Å². The molecule has 1 aromatic rings. The summed E-state index contributed by atoms with van der Waals surface area (Å²) in [5, 5.41) is 3.23. The molecule has 0 aromatic heterocycles. The van der Waals surface area contributed by atoms with Crippen molar-refractivity contribution >= 4 is 0 Å². The summed E-state index contributed by atoms with van der Waals surface area (Å²) >= 11 is 0. The highest BCUT2D eigenvalue weighted by atomic mass is 19.3. The van der Waals surface area contributed by atoms with Crippen molar-refractivity contribution in [1.29, 1.82) is 0 Å². The number of halogens is 2. The highest BCUT2D eigenvalue weighted by Gasteiger charge is 2.08. The molecule has 0 aliphatic rings. The van der Waals surface area contributed by atoms with Crippen molar-refractivity contribution in [1.82, 2.24) is 5.32 Å². The van der Waals surface area contributed by atoms with E-state index in [0.717, 1.165) is 18.5 Å². The molecule has 0 bridgehead atoms. The minimum atomic E-state index is -2.77. The molecule has 96 valence electrons. The van der Waals surface area contributed by atoms with Gasteiger partial charge in [-0.1, -0.05) is 38.0 Å². The van der Waals surface area contributed by atoms with Gasteiger partial charge in [-0.05, 0) is 19.0 Å². The van der Waals surface area contributed by atoms with Crippen LogP contribution in [-0.2, 0) is 6.54 Å². The largest absolute Gasteiger partial charge is 0.434 e. The van der Waals surface area contributed by atoms with Crippen LogP contribution in [0.3, 0.4) is 0 Å². The van der Waals surface area contributed by atoms with Gasteiger partial charge in [0, 0.05) is 12.1 Å². The Kier molecular flexibility index (Phi) is 6.55. The highest BCUT2D eigenvalue weighted by molar-refractivity contribution is 5.33.